The highest BCUT2D eigenvalue weighted by molar-refractivity contribution is 5.89. The molecule has 0 fully saturated rings. The van der Waals surface area contributed by atoms with Crippen LogP contribution >= 0.6 is 0 Å². The van der Waals surface area contributed by atoms with E-state index in [1.165, 1.54) is 48.0 Å². The lowest BCUT2D eigenvalue weighted by molar-refractivity contribution is -0.137. The van der Waals surface area contributed by atoms with Gasteiger partial charge in [0.25, 0.3) is 5.56 Å². The summed E-state index contributed by atoms with van der Waals surface area (Å²) in [5, 5.41) is 3.00. The zero-order chi connectivity index (χ0) is 32.5. The number of pyridine rings is 1. The second-order valence-electron chi connectivity index (χ2n) is 9.77. The molecule has 0 aliphatic carbocycles. The third-order valence-corrected chi connectivity index (χ3v) is 7.09. The maximum atomic E-state index is 14.7. The fourth-order valence-corrected chi connectivity index (χ4v) is 4.81. The lowest BCUT2D eigenvalue weighted by Gasteiger charge is -2.25. The Balaban J connectivity index is 0.00000216. The Bertz CT molecular complexity index is 1860. The van der Waals surface area contributed by atoms with Gasteiger partial charge >= 0.3 is 6.18 Å². The maximum absolute atomic E-state index is 14.7. The first kappa shape index (κ1) is 32.1. The van der Waals surface area contributed by atoms with E-state index in [1.807, 2.05) is 13.8 Å². The van der Waals surface area contributed by atoms with Crippen molar-refractivity contribution in [1.82, 2.24) is 19.4 Å². The van der Waals surface area contributed by atoms with Crippen molar-refractivity contribution in [2.75, 3.05) is 12.4 Å². The lowest BCUT2D eigenvalue weighted by atomic mass is 9.98. The van der Waals surface area contributed by atoms with Crippen LogP contribution < -0.4 is 10.9 Å². The predicted molar refractivity (Wildman–Crippen MR) is 159 cm³/mol. The molecule has 2 aromatic carbocycles. The average Bonchev–Trinajstić information content (AvgIpc) is 2.99. The van der Waals surface area contributed by atoms with Gasteiger partial charge in [-0.05, 0) is 66.4 Å². The van der Waals surface area contributed by atoms with Crippen LogP contribution in [0.25, 0.3) is 27.7 Å². The topological polar surface area (TPSA) is 63.1 Å². The minimum absolute atomic E-state index is 0.0129. The number of benzene rings is 2. The molecule has 0 radical (unpaired) electrons. The van der Waals surface area contributed by atoms with Crippen LogP contribution in [0.3, 0.4) is 0 Å². The van der Waals surface area contributed by atoms with E-state index < -0.39 is 46.5 Å². The van der Waals surface area contributed by atoms with Crippen molar-refractivity contribution in [2.24, 2.45) is 7.05 Å². The third-order valence-electron chi connectivity index (χ3n) is 7.09. The summed E-state index contributed by atoms with van der Waals surface area (Å²) in [6.07, 6.45) is 0.846. The highest BCUT2D eigenvalue weighted by Crippen LogP contribution is 2.38. The molecule has 0 saturated heterocycles. The number of anilines is 1. The Morgan fingerprint density at radius 2 is 1.57 bits per heavy atom. The Morgan fingerprint density at radius 1 is 0.909 bits per heavy atom. The van der Waals surface area contributed by atoms with Crippen LogP contribution in [-0.2, 0) is 13.2 Å². The molecule has 1 N–H and O–H groups in total. The number of hydrogen-bond donors (Lipinski definition) is 1. The molecule has 2 aromatic heterocycles. The van der Waals surface area contributed by atoms with Gasteiger partial charge in [-0.2, -0.15) is 13.2 Å². The van der Waals surface area contributed by atoms with E-state index in [-0.39, 0.29) is 22.5 Å². The van der Waals surface area contributed by atoms with E-state index in [4.69, 9.17) is 0 Å². The number of halogens is 6. The first-order valence-corrected chi connectivity index (χ1v) is 13.6. The number of allylic oxidation sites excluding steroid dienone is 3. The largest absolute Gasteiger partial charge is 0.418 e. The molecule has 0 bridgehead atoms. The summed E-state index contributed by atoms with van der Waals surface area (Å²) >= 11 is 0. The lowest BCUT2D eigenvalue weighted by Crippen LogP contribution is -2.21. The Labute approximate surface area is 249 Å². The van der Waals surface area contributed by atoms with Crippen molar-refractivity contribution < 1.29 is 26.3 Å². The van der Waals surface area contributed by atoms with E-state index in [9.17, 15) is 31.1 Å². The van der Waals surface area contributed by atoms with Gasteiger partial charge in [0.05, 0.1) is 28.0 Å². The second kappa shape index (κ2) is 12.4. The quantitative estimate of drug-likeness (QED) is 0.230. The second-order valence-corrected chi connectivity index (χ2v) is 9.77. The molecule has 5 rings (SSSR count). The molecule has 12 heteroatoms. The highest BCUT2D eigenvalue weighted by atomic mass is 19.4. The van der Waals surface area contributed by atoms with Crippen LogP contribution in [0.2, 0.25) is 0 Å². The zero-order valence-electron chi connectivity index (χ0n) is 24.5. The van der Waals surface area contributed by atoms with Gasteiger partial charge in [0.15, 0.2) is 5.82 Å². The van der Waals surface area contributed by atoms with E-state index >= 15 is 0 Å². The number of hydrogen-bond acceptors (Lipinski definition) is 5. The molecule has 0 amide bonds. The number of fused-ring (bicyclic) bond motifs is 1. The number of nitrogens with one attached hydrogen (secondary N) is 1. The Kier molecular flexibility index (Phi) is 9.03. The van der Waals surface area contributed by atoms with Crippen molar-refractivity contribution in [3.63, 3.8) is 0 Å². The summed E-state index contributed by atoms with van der Waals surface area (Å²) in [5.41, 5.74) is -0.540. The standard InChI is InChI=1S/C30H23F6N5O.C2H6/c1-15(39-25-7-5-18(31)11-23(25)30(34,35)36)20-9-19(32)10-22-21(20)12-27(41(4)29(22)42)17-13-37-28(38-14-17)26-8-6-24(33)16(2)40(26)3;1-2/h5-15,39H,2H2,1,3-4H3;1-2H3/t15-;/m1./s1. The summed E-state index contributed by atoms with van der Waals surface area (Å²) in [6.45, 7) is 9.19. The maximum Gasteiger partial charge on any atom is 0.418 e. The minimum Gasteiger partial charge on any atom is -0.378 e. The molecule has 1 aliphatic rings. The Hall–Kier alpha value is -4.87. The Morgan fingerprint density at radius 3 is 2.20 bits per heavy atom. The van der Waals surface area contributed by atoms with Crippen molar-refractivity contribution in [3.8, 4) is 11.3 Å². The summed E-state index contributed by atoms with van der Waals surface area (Å²) in [6, 6.07) is 5.08. The molecule has 3 heterocycles. The van der Waals surface area contributed by atoms with Gasteiger partial charge in [0.1, 0.15) is 17.5 Å². The van der Waals surface area contributed by atoms with Crippen LogP contribution in [0.5, 0.6) is 0 Å². The molecule has 44 heavy (non-hydrogen) atoms. The van der Waals surface area contributed by atoms with Gasteiger partial charge in [0.2, 0.25) is 0 Å². The average molecular weight is 614 g/mol. The molecule has 4 aromatic rings. The molecule has 0 unspecified atom stereocenters. The van der Waals surface area contributed by atoms with Crippen molar-refractivity contribution >= 4 is 22.2 Å². The third kappa shape index (κ3) is 6.10. The van der Waals surface area contributed by atoms with Gasteiger partial charge in [-0.3, -0.25) is 4.79 Å². The van der Waals surface area contributed by atoms with Crippen LogP contribution in [0, 0.1) is 11.6 Å². The SMILES string of the molecule is C=C1C(F)=CC=C(c2ncc(-c3cc4c([C@@H](C)Nc5ccc(F)cc5C(F)(F)F)cc(F)cc4c(=O)n3C)cn2)N1C.CC. The fraction of sp³-hybridized carbons (Fsp3) is 0.219. The molecule has 0 spiro atoms. The summed E-state index contributed by atoms with van der Waals surface area (Å²) in [7, 11) is 3.10. The van der Waals surface area contributed by atoms with Crippen molar-refractivity contribution in [1.29, 1.82) is 0 Å². The number of aromatic nitrogens is 3. The smallest absolute Gasteiger partial charge is 0.378 e. The van der Waals surface area contributed by atoms with Crippen molar-refractivity contribution in [2.45, 2.75) is 33.0 Å². The number of likely N-dealkylation sites (N-methyl/N-ethyl adjacent to an activating group) is 1. The van der Waals surface area contributed by atoms with Gasteiger partial charge < -0.3 is 14.8 Å². The number of nitrogens with zero attached hydrogens (tertiary/aromatic N) is 4. The van der Waals surface area contributed by atoms with Gasteiger partial charge in [-0.15, -0.1) is 0 Å². The van der Waals surface area contributed by atoms with E-state index in [0.717, 1.165) is 24.3 Å². The molecule has 1 aliphatic heterocycles. The van der Waals surface area contributed by atoms with Crippen molar-refractivity contribution in [3.05, 3.63) is 118 Å². The van der Waals surface area contributed by atoms with Crippen LogP contribution in [0.4, 0.5) is 32.0 Å². The van der Waals surface area contributed by atoms with Gasteiger partial charge in [-0.1, -0.05) is 20.4 Å². The molecular formula is C32H29F6N5O. The first-order chi connectivity index (χ1) is 20.8. The fourth-order valence-electron chi connectivity index (χ4n) is 4.81. The van der Waals surface area contributed by atoms with Crippen LogP contribution in [0.15, 0.2) is 83.8 Å². The van der Waals surface area contributed by atoms with Crippen LogP contribution in [-0.4, -0.2) is 26.5 Å². The first-order valence-electron chi connectivity index (χ1n) is 13.6. The monoisotopic (exact) mass is 613 g/mol. The highest BCUT2D eigenvalue weighted by Gasteiger charge is 2.34. The summed E-state index contributed by atoms with van der Waals surface area (Å²) in [5.74, 6) is -2.03. The number of alkyl halides is 3. The normalized spacial score (nSPS) is 14.1. The zero-order valence-corrected chi connectivity index (χ0v) is 24.5. The molecular weight excluding hydrogens is 584 g/mol. The predicted octanol–water partition coefficient (Wildman–Crippen LogP) is 8.15. The molecule has 230 valence electrons. The minimum atomic E-state index is -4.84. The van der Waals surface area contributed by atoms with E-state index in [2.05, 4.69) is 21.9 Å². The van der Waals surface area contributed by atoms with E-state index in [1.54, 1.807) is 13.1 Å². The molecule has 6 nitrogen and oxygen atoms in total. The van der Waals surface area contributed by atoms with Gasteiger partial charge in [0, 0.05) is 43.8 Å². The number of rotatable bonds is 5. The van der Waals surface area contributed by atoms with Crippen LogP contribution in [0.1, 0.15) is 43.8 Å². The summed E-state index contributed by atoms with van der Waals surface area (Å²) in [4.78, 5) is 23.6. The van der Waals surface area contributed by atoms with E-state index in [0.29, 0.717) is 28.4 Å². The van der Waals surface area contributed by atoms with Gasteiger partial charge in [-0.25, -0.2) is 23.1 Å². The molecule has 0 saturated carbocycles. The summed E-state index contributed by atoms with van der Waals surface area (Å²) < 4.78 is 84.2. The molecule has 1 atom stereocenters.